The van der Waals surface area contributed by atoms with Crippen molar-refractivity contribution >= 4 is 33.4 Å². The summed E-state index contributed by atoms with van der Waals surface area (Å²) in [6.45, 7) is 5.55. The fourth-order valence-corrected chi connectivity index (χ4v) is 4.76. The average Bonchev–Trinajstić information content (AvgIpc) is 3.18. The van der Waals surface area contributed by atoms with Crippen LogP contribution in [0.1, 0.15) is 57.7 Å². The van der Waals surface area contributed by atoms with Crippen LogP contribution in [-0.2, 0) is 23.5 Å². The third kappa shape index (κ3) is 6.01. The van der Waals surface area contributed by atoms with Crippen molar-refractivity contribution in [2.45, 2.75) is 32.1 Å². The highest BCUT2D eigenvalue weighted by Crippen LogP contribution is 2.30. The van der Waals surface area contributed by atoms with E-state index in [4.69, 9.17) is 10.5 Å². The number of anilines is 1. The number of carbonyl (C=O) groups is 3. The molecule has 0 unspecified atom stereocenters. The zero-order valence-electron chi connectivity index (χ0n) is 21.3. The van der Waals surface area contributed by atoms with Gasteiger partial charge < -0.3 is 10.5 Å². The van der Waals surface area contributed by atoms with Gasteiger partial charge in [0.15, 0.2) is 5.69 Å². The molecule has 0 bridgehead atoms. The number of hydrogen-bond acceptors (Lipinski definition) is 8. The number of amides is 3. The quantitative estimate of drug-likeness (QED) is 0.258. The van der Waals surface area contributed by atoms with Crippen molar-refractivity contribution in [1.29, 1.82) is 0 Å². The summed E-state index contributed by atoms with van der Waals surface area (Å²) in [5.41, 5.74) is 5.09. The maximum absolute atomic E-state index is 13.5. The average molecular weight is 544 g/mol. The third-order valence-corrected chi connectivity index (χ3v) is 6.71. The number of sulfonamides is 1. The highest BCUT2D eigenvalue weighted by molar-refractivity contribution is 7.90. The first-order chi connectivity index (χ1) is 17.9. The van der Waals surface area contributed by atoms with Crippen molar-refractivity contribution in [2.24, 2.45) is 18.7 Å². The molecule has 0 aliphatic rings. The fraction of sp³-hybridized carbons (Fsp3) is 0.280. The van der Waals surface area contributed by atoms with Gasteiger partial charge in [0, 0.05) is 12.6 Å². The van der Waals surface area contributed by atoms with E-state index < -0.39 is 32.6 Å². The molecule has 1 heterocycles. The summed E-state index contributed by atoms with van der Waals surface area (Å²) in [5, 5.41) is 15.5. The Morgan fingerprint density at radius 2 is 1.82 bits per heavy atom. The number of nitrogens with two attached hydrogens (primary N) is 1. The first-order valence-electron chi connectivity index (χ1n) is 11.6. The number of primary amides is 1. The van der Waals surface area contributed by atoms with Crippen molar-refractivity contribution in [1.82, 2.24) is 14.5 Å². The summed E-state index contributed by atoms with van der Waals surface area (Å²) < 4.78 is 34.6. The number of rotatable bonds is 10. The van der Waals surface area contributed by atoms with E-state index in [9.17, 15) is 28.0 Å². The Hall–Kier alpha value is -4.23. The molecule has 38 heavy (non-hydrogen) atoms. The highest BCUT2D eigenvalue weighted by Gasteiger charge is 2.31. The van der Waals surface area contributed by atoms with Gasteiger partial charge in [0.2, 0.25) is 0 Å². The van der Waals surface area contributed by atoms with E-state index in [0.717, 1.165) is 16.8 Å². The molecule has 3 amide bonds. The molecule has 13 heteroatoms. The van der Waals surface area contributed by atoms with Crippen LogP contribution < -0.4 is 20.3 Å². The molecule has 4 N–H and O–H groups in total. The van der Waals surface area contributed by atoms with Crippen molar-refractivity contribution in [2.75, 3.05) is 11.7 Å². The summed E-state index contributed by atoms with van der Waals surface area (Å²) in [6.07, 6.45) is 0.305. The topological polar surface area (TPSA) is 174 Å². The van der Waals surface area contributed by atoms with Gasteiger partial charge in [-0.3, -0.25) is 24.3 Å². The second-order valence-corrected chi connectivity index (χ2v) is 10.4. The first kappa shape index (κ1) is 28.3. The Bertz CT molecular complexity index is 1470. The minimum Gasteiger partial charge on any atom is -0.493 e. The molecule has 0 atom stereocenters. The van der Waals surface area contributed by atoms with Gasteiger partial charge >= 0.3 is 0 Å². The second-order valence-electron chi connectivity index (χ2n) is 8.74. The zero-order chi connectivity index (χ0) is 28.2. The van der Waals surface area contributed by atoms with Crippen molar-refractivity contribution in [3.05, 3.63) is 71.0 Å². The normalized spacial score (nSPS) is 11.3. The molecule has 0 saturated heterocycles. The Balaban J connectivity index is 2.06. The van der Waals surface area contributed by atoms with Gasteiger partial charge in [-0.05, 0) is 49.6 Å². The smallest absolute Gasteiger partial charge is 0.285 e. The van der Waals surface area contributed by atoms with Crippen molar-refractivity contribution < 1.29 is 32.7 Å². The largest absolute Gasteiger partial charge is 0.493 e. The fourth-order valence-electron chi connectivity index (χ4n) is 3.76. The van der Waals surface area contributed by atoms with E-state index in [-0.39, 0.29) is 51.5 Å². The summed E-state index contributed by atoms with van der Waals surface area (Å²) in [4.78, 5) is 37.7. The summed E-state index contributed by atoms with van der Waals surface area (Å²) in [7, 11) is -2.98. The van der Waals surface area contributed by atoms with Crippen LogP contribution >= 0.6 is 0 Å². The van der Waals surface area contributed by atoms with Crippen LogP contribution in [0.15, 0.2) is 53.4 Å². The van der Waals surface area contributed by atoms with Gasteiger partial charge in [-0.1, -0.05) is 32.0 Å². The first-order valence-corrected chi connectivity index (χ1v) is 13.1. The van der Waals surface area contributed by atoms with Crippen LogP contribution in [0.4, 0.5) is 5.69 Å². The van der Waals surface area contributed by atoms with Crippen LogP contribution in [0.3, 0.4) is 0 Å². The molecule has 0 spiro atoms. The monoisotopic (exact) mass is 543 g/mol. The molecule has 0 saturated carbocycles. The van der Waals surface area contributed by atoms with Gasteiger partial charge in [-0.15, -0.1) is 0 Å². The molecule has 3 aromatic rings. The van der Waals surface area contributed by atoms with E-state index in [1.807, 2.05) is 18.6 Å². The Labute approximate surface area is 220 Å². The lowest BCUT2D eigenvalue weighted by molar-refractivity contribution is 0.0848. The van der Waals surface area contributed by atoms with Gasteiger partial charge in [-0.2, -0.15) is 10.2 Å². The molecule has 3 rings (SSSR count). The van der Waals surface area contributed by atoms with Gasteiger partial charge in [0.05, 0.1) is 22.8 Å². The SMILES string of the molecule is CCOc1ccc(S(=O)(=O)NC(=O)c2ccccc2)cc1C(=O)N(O)c1c(CC(C)C)nn(C)c1C(N)=O. The molecular formula is C25H29N5O7S. The summed E-state index contributed by atoms with van der Waals surface area (Å²) in [6, 6.07) is 11.1. The molecule has 0 fully saturated rings. The maximum Gasteiger partial charge on any atom is 0.285 e. The number of hydroxylamine groups is 1. The molecule has 0 aliphatic heterocycles. The zero-order valence-corrected chi connectivity index (χ0v) is 22.2. The van der Waals surface area contributed by atoms with Crippen molar-refractivity contribution in [3.63, 3.8) is 0 Å². The van der Waals surface area contributed by atoms with E-state index >= 15 is 0 Å². The van der Waals surface area contributed by atoms with Crippen molar-refractivity contribution in [3.8, 4) is 5.75 Å². The number of carbonyl (C=O) groups excluding carboxylic acids is 3. The van der Waals surface area contributed by atoms with Crippen LogP contribution in [0.2, 0.25) is 0 Å². The van der Waals surface area contributed by atoms with Crippen LogP contribution in [0, 0.1) is 5.92 Å². The summed E-state index contributed by atoms with van der Waals surface area (Å²) >= 11 is 0. The number of aryl methyl sites for hydroxylation is 1. The molecule has 12 nitrogen and oxygen atoms in total. The Morgan fingerprint density at radius 3 is 2.39 bits per heavy atom. The van der Waals surface area contributed by atoms with Crippen LogP contribution in [0.25, 0.3) is 0 Å². The molecule has 1 aromatic heterocycles. The number of benzene rings is 2. The predicted octanol–water partition coefficient (Wildman–Crippen LogP) is 2.27. The second kappa shape index (κ2) is 11.4. The van der Waals surface area contributed by atoms with E-state index in [1.54, 1.807) is 25.1 Å². The molecule has 202 valence electrons. The molecule has 0 aliphatic carbocycles. The predicted molar refractivity (Wildman–Crippen MR) is 138 cm³/mol. The van der Waals surface area contributed by atoms with Gasteiger partial charge in [0.25, 0.3) is 27.7 Å². The summed E-state index contributed by atoms with van der Waals surface area (Å²) in [5.74, 6) is -2.87. The molecule has 0 radical (unpaired) electrons. The van der Waals surface area contributed by atoms with Crippen LogP contribution in [0.5, 0.6) is 5.75 Å². The van der Waals surface area contributed by atoms with Gasteiger partial charge in [-0.25, -0.2) is 13.1 Å². The Morgan fingerprint density at radius 1 is 1.16 bits per heavy atom. The number of nitrogens with one attached hydrogen (secondary N) is 1. The Kier molecular flexibility index (Phi) is 8.53. The van der Waals surface area contributed by atoms with E-state index in [1.165, 1.54) is 25.2 Å². The minimum atomic E-state index is -4.43. The lowest BCUT2D eigenvalue weighted by Crippen LogP contribution is -2.32. The van der Waals surface area contributed by atoms with E-state index in [2.05, 4.69) is 5.10 Å². The number of aromatic nitrogens is 2. The minimum absolute atomic E-state index is 0.0280. The number of nitrogens with zero attached hydrogens (tertiary/aromatic N) is 3. The number of hydrogen-bond donors (Lipinski definition) is 3. The van der Waals surface area contributed by atoms with E-state index in [0.29, 0.717) is 6.42 Å². The van der Waals surface area contributed by atoms with Gasteiger partial charge in [0.1, 0.15) is 11.4 Å². The lowest BCUT2D eigenvalue weighted by atomic mass is 10.1. The molecule has 2 aromatic carbocycles. The third-order valence-electron chi connectivity index (χ3n) is 5.39. The highest BCUT2D eigenvalue weighted by atomic mass is 32.2. The maximum atomic E-state index is 13.5. The standard InChI is InChI=1S/C25H29N5O7S/c1-5-37-20-12-11-17(38(35,36)28-24(32)16-9-7-6-8-10-16)14-18(20)25(33)30(34)21-19(13-15(2)3)27-29(4)22(21)23(26)31/h6-12,14-15,34H,5,13H2,1-4H3,(H2,26,31)(H,28,32). The number of ether oxygens (including phenoxy) is 1. The lowest BCUT2D eigenvalue weighted by Gasteiger charge is -2.19. The molecular weight excluding hydrogens is 514 g/mol. The van der Waals surface area contributed by atoms with Crippen LogP contribution in [-0.4, -0.2) is 47.7 Å².